The smallest absolute Gasteiger partial charge is 0.335 e. The van der Waals surface area contributed by atoms with Crippen molar-refractivity contribution in [2.45, 2.75) is 6.42 Å². The Hall–Kier alpha value is -2.10. The van der Waals surface area contributed by atoms with Gasteiger partial charge in [-0.05, 0) is 30.7 Å². The monoisotopic (exact) mass is 231 g/mol. The van der Waals surface area contributed by atoms with Crippen molar-refractivity contribution in [3.05, 3.63) is 47.5 Å². The number of aromatic carboxylic acids is 1. The summed E-state index contributed by atoms with van der Waals surface area (Å²) in [5, 5.41) is 8.76. The van der Waals surface area contributed by atoms with Gasteiger partial charge in [-0.1, -0.05) is 12.2 Å². The molecule has 17 heavy (non-hydrogen) atoms. The number of hydrogen-bond acceptors (Lipinski definition) is 2. The molecule has 4 nitrogen and oxygen atoms in total. The van der Waals surface area contributed by atoms with Crippen LogP contribution in [0.25, 0.3) is 0 Å². The average molecular weight is 231 g/mol. The number of carbonyl (C=O) groups excluding carboxylic acids is 1. The molecule has 0 aromatic heterocycles. The van der Waals surface area contributed by atoms with E-state index < -0.39 is 5.97 Å². The van der Waals surface area contributed by atoms with Crippen molar-refractivity contribution in [3.8, 4) is 0 Å². The second-order valence-electron chi connectivity index (χ2n) is 3.89. The Bertz CT molecular complexity index is 462. The fourth-order valence-electron chi connectivity index (χ4n) is 1.76. The zero-order chi connectivity index (χ0) is 12.3. The minimum absolute atomic E-state index is 0.0497. The van der Waals surface area contributed by atoms with E-state index in [9.17, 15) is 9.59 Å². The maximum atomic E-state index is 12.0. The van der Waals surface area contributed by atoms with Crippen LogP contribution in [0.15, 0.2) is 36.4 Å². The van der Waals surface area contributed by atoms with Gasteiger partial charge in [0, 0.05) is 18.7 Å². The van der Waals surface area contributed by atoms with Gasteiger partial charge in [-0.2, -0.15) is 0 Å². The van der Waals surface area contributed by atoms with E-state index in [2.05, 4.69) is 6.08 Å². The second kappa shape index (κ2) is 4.82. The highest BCUT2D eigenvalue weighted by atomic mass is 16.4. The van der Waals surface area contributed by atoms with Crippen LogP contribution in [0.4, 0.5) is 0 Å². The van der Waals surface area contributed by atoms with Gasteiger partial charge in [0.25, 0.3) is 5.91 Å². The van der Waals surface area contributed by atoms with Crippen LogP contribution in [0.1, 0.15) is 27.1 Å². The van der Waals surface area contributed by atoms with Crippen LogP contribution in [-0.4, -0.2) is 35.0 Å². The molecule has 1 N–H and O–H groups in total. The fraction of sp³-hybridized carbons (Fsp3) is 0.231. The van der Waals surface area contributed by atoms with Gasteiger partial charge in [0.1, 0.15) is 0 Å². The largest absolute Gasteiger partial charge is 0.478 e. The first kappa shape index (κ1) is 11.4. The highest BCUT2D eigenvalue weighted by molar-refractivity contribution is 5.96. The molecule has 1 amide bonds. The summed E-state index contributed by atoms with van der Waals surface area (Å²) in [6, 6.07) is 6.03. The number of carbonyl (C=O) groups is 2. The molecule has 2 rings (SSSR count). The van der Waals surface area contributed by atoms with Gasteiger partial charge in [-0.15, -0.1) is 0 Å². The molecule has 0 bridgehead atoms. The second-order valence-corrected chi connectivity index (χ2v) is 3.89. The highest BCUT2D eigenvalue weighted by Gasteiger charge is 2.16. The molecule has 1 aromatic rings. The third-order valence-electron chi connectivity index (χ3n) is 2.72. The quantitative estimate of drug-likeness (QED) is 0.789. The summed E-state index contributed by atoms with van der Waals surface area (Å²) in [5.74, 6) is -1.03. The summed E-state index contributed by atoms with van der Waals surface area (Å²) < 4.78 is 0. The van der Waals surface area contributed by atoms with Gasteiger partial charge >= 0.3 is 5.97 Å². The first-order valence-corrected chi connectivity index (χ1v) is 5.46. The minimum atomic E-state index is -0.982. The fourth-order valence-corrected chi connectivity index (χ4v) is 1.76. The first-order valence-electron chi connectivity index (χ1n) is 5.46. The number of carboxylic acid groups (broad SMARTS) is 1. The van der Waals surface area contributed by atoms with Gasteiger partial charge in [0.2, 0.25) is 0 Å². The van der Waals surface area contributed by atoms with Gasteiger partial charge in [-0.3, -0.25) is 4.79 Å². The Morgan fingerprint density at radius 1 is 1.06 bits per heavy atom. The summed E-state index contributed by atoms with van der Waals surface area (Å²) in [7, 11) is 0. The third-order valence-corrected chi connectivity index (χ3v) is 2.72. The standard InChI is InChI=1S/C13H13NO3/c15-12(14-8-2-1-3-9-14)10-4-6-11(7-5-10)13(16)17/h1-2,4-7H,3,8-9H2,(H,16,17). The van der Waals surface area contributed by atoms with E-state index in [1.807, 2.05) is 6.08 Å². The molecule has 0 saturated carbocycles. The first-order chi connectivity index (χ1) is 8.18. The maximum absolute atomic E-state index is 12.0. The Morgan fingerprint density at radius 2 is 1.71 bits per heavy atom. The van der Waals surface area contributed by atoms with Crippen LogP contribution in [0.3, 0.4) is 0 Å². The van der Waals surface area contributed by atoms with Gasteiger partial charge in [0.15, 0.2) is 0 Å². The van der Waals surface area contributed by atoms with E-state index in [0.717, 1.165) is 13.0 Å². The van der Waals surface area contributed by atoms with Crippen LogP contribution in [0.2, 0.25) is 0 Å². The van der Waals surface area contributed by atoms with Gasteiger partial charge in [0.05, 0.1) is 5.56 Å². The molecule has 0 aliphatic carbocycles. The Morgan fingerprint density at radius 3 is 2.24 bits per heavy atom. The Labute approximate surface area is 99.2 Å². The molecule has 0 unspecified atom stereocenters. The molecule has 1 aliphatic heterocycles. The number of hydrogen-bond donors (Lipinski definition) is 1. The molecule has 0 saturated heterocycles. The van der Waals surface area contributed by atoms with Crippen LogP contribution in [0.5, 0.6) is 0 Å². The Balaban J connectivity index is 2.14. The SMILES string of the molecule is O=C(O)c1ccc(C(=O)N2CC=CCC2)cc1. The lowest BCUT2D eigenvalue weighted by atomic mass is 10.1. The number of benzene rings is 1. The van der Waals surface area contributed by atoms with E-state index in [-0.39, 0.29) is 11.5 Å². The van der Waals surface area contributed by atoms with Gasteiger partial charge in [-0.25, -0.2) is 4.79 Å². The molecule has 0 atom stereocenters. The molecule has 4 heteroatoms. The summed E-state index contributed by atoms with van der Waals surface area (Å²) in [4.78, 5) is 24.5. The lowest BCUT2D eigenvalue weighted by Crippen LogP contribution is -2.33. The topological polar surface area (TPSA) is 57.6 Å². The van der Waals surface area contributed by atoms with Gasteiger partial charge < -0.3 is 10.0 Å². The lowest BCUT2D eigenvalue weighted by Gasteiger charge is -2.23. The molecule has 88 valence electrons. The average Bonchev–Trinajstić information content (AvgIpc) is 2.39. The van der Waals surface area contributed by atoms with Crippen molar-refractivity contribution in [1.82, 2.24) is 4.90 Å². The van der Waals surface area contributed by atoms with Crippen molar-refractivity contribution in [2.75, 3.05) is 13.1 Å². The number of nitrogens with zero attached hydrogens (tertiary/aromatic N) is 1. The summed E-state index contributed by atoms with van der Waals surface area (Å²) in [5.41, 5.74) is 0.727. The van der Waals surface area contributed by atoms with Crippen molar-refractivity contribution >= 4 is 11.9 Å². The minimum Gasteiger partial charge on any atom is -0.478 e. The lowest BCUT2D eigenvalue weighted by molar-refractivity contribution is 0.0694. The molecule has 0 spiro atoms. The van der Waals surface area contributed by atoms with E-state index in [1.165, 1.54) is 12.1 Å². The predicted octanol–water partition coefficient (Wildman–Crippen LogP) is 1.79. The van der Waals surface area contributed by atoms with Crippen molar-refractivity contribution in [2.24, 2.45) is 0 Å². The maximum Gasteiger partial charge on any atom is 0.335 e. The molecular formula is C13H13NO3. The third kappa shape index (κ3) is 2.53. The van der Waals surface area contributed by atoms with Crippen LogP contribution < -0.4 is 0 Å². The molecular weight excluding hydrogens is 218 g/mol. The molecule has 1 aromatic carbocycles. The number of amides is 1. The zero-order valence-electron chi connectivity index (χ0n) is 9.30. The van der Waals surface area contributed by atoms with E-state index in [0.29, 0.717) is 12.1 Å². The van der Waals surface area contributed by atoms with Crippen molar-refractivity contribution in [1.29, 1.82) is 0 Å². The Kier molecular flexibility index (Phi) is 3.23. The molecule has 1 aliphatic rings. The summed E-state index contributed by atoms with van der Waals surface area (Å²) in [6.07, 6.45) is 4.89. The molecule has 0 radical (unpaired) electrons. The van der Waals surface area contributed by atoms with Crippen LogP contribution in [0, 0.1) is 0 Å². The van der Waals surface area contributed by atoms with Crippen LogP contribution >= 0.6 is 0 Å². The highest BCUT2D eigenvalue weighted by Crippen LogP contribution is 2.10. The summed E-state index contributed by atoms with van der Waals surface area (Å²) >= 11 is 0. The normalized spacial score (nSPS) is 14.7. The number of carboxylic acids is 1. The molecule has 1 heterocycles. The zero-order valence-corrected chi connectivity index (χ0v) is 9.30. The predicted molar refractivity (Wildman–Crippen MR) is 63.1 cm³/mol. The number of rotatable bonds is 2. The molecule has 0 fully saturated rings. The summed E-state index contributed by atoms with van der Waals surface area (Å²) in [6.45, 7) is 1.34. The van der Waals surface area contributed by atoms with Crippen LogP contribution in [-0.2, 0) is 0 Å². The van der Waals surface area contributed by atoms with E-state index in [4.69, 9.17) is 5.11 Å². The van der Waals surface area contributed by atoms with E-state index >= 15 is 0 Å². The van der Waals surface area contributed by atoms with Crippen molar-refractivity contribution < 1.29 is 14.7 Å². The van der Waals surface area contributed by atoms with Crippen molar-refractivity contribution in [3.63, 3.8) is 0 Å². The van der Waals surface area contributed by atoms with E-state index in [1.54, 1.807) is 17.0 Å².